The quantitative estimate of drug-likeness (QED) is 0.589. The molecule has 0 heterocycles. The summed E-state index contributed by atoms with van der Waals surface area (Å²) in [5.41, 5.74) is 0. The summed E-state index contributed by atoms with van der Waals surface area (Å²) in [5.74, 6) is -1.46. The number of carboxylic acids is 1. The Morgan fingerprint density at radius 3 is 2.53 bits per heavy atom. The molecule has 15 heavy (non-hydrogen) atoms. The minimum Gasteiger partial charge on any atom is -0.480 e. The molecule has 0 rings (SSSR count). The molecule has 5 nitrogen and oxygen atoms in total. The van der Waals surface area contributed by atoms with Gasteiger partial charge in [-0.25, -0.2) is 4.79 Å². The SMILES string of the molecule is C=CC(=O)N[C@@H](CCCN(C)C)C(=O)O. The highest BCUT2D eigenvalue weighted by atomic mass is 16.4. The topological polar surface area (TPSA) is 69.6 Å². The average Bonchev–Trinajstić information content (AvgIpc) is 2.15. The van der Waals surface area contributed by atoms with Gasteiger partial charge in [-0.15, -0.1) is 0 Å². The van der Waals surface area contributed by atoms with E-state index >= 15 is 0 Å². The Labute approximate surface area is 89.8 Å². The molecule has 86 valence electrons. The van der Waals surface area contributed by atoms with E-state index in [0.717, 1.165) is 19.0 Å². The van der Waals surface area contributed by atoms with Gasteiger partial charge in [0.05, 0.1) is 0 Å². The number of carbonyl (C=O) groups is 2. The molecule has 0 fully saturated rings. The van der Waals surface area contributed by atoms with Crippen LogP contribution < -0.4 is 5.32 Å². The zero-order valence-electron chi connectivity index (χ0n) is 9.19. The molecule has 0 radical (unpaired) electrons. The second kappa shape index (κ2) is 7.00. The predicted molar refractivity (Wildman–Crippen MR) is 57.6 cm³/mol. The molecule has 0 aromatic carbocycles. The van der Waals surface area contributed by atoms with Gasteiger partial charge in [-0.05, 0) is 39.6 Å². The molecule has 0 saturated carbocycles. The molecule has 0 aliphatic rings. The number of carbonyl (C=O) groups excluding carboxylic acids is 1. The van der Waals surface area contributed by atoms with Crippen LogP contribution in [0.2, 0.25) is 0 Å². The summed E-state index contributed by atoms with van der Waals surface area (Å²) >= 11 is 0. The van der Waals surface area contributed by atoms with E-state index in [-0.39, 0.29) is 0 Å². The minimum atomic E-state index is -1.01. The number of hydrogen-bond acceptors (Lipinski definition) is 3. The second-order valence-corrected chi connectivity index (χ2v) is 3.55. The number of hydrogen-bond donors (Lipinski definition) is 2. The van der Waals surface area contributed by atoms with Crippen LogP contribution in [0.3, 0.4) is 0 Å². The minimum absolute atomic E-state index is 0.424. The first-order valence-corrected chi connectivity index (χ1v) is 4.78. The summed E-state index contributed by atoms with van der Waals surface area (Å²) in [5, 5.41) is 11.2. The Hall–Kier alpha value is -1.36. The van der Waals surface area contributed by atoms with Crippen LogP contribution in [0.5, 0.6) is 0 Å². The molecule has 0 saturated heterocycles. The highest BCUT2D eigenvalue weighted by Gasteiger charge is 2.17. The van der Waals surface area contributed by atoms with Crippen molar-refractivity contribution in [2.24, 2.45) is 0 Å². The van der Waals surface area contributed by atoms with E-state index in [9.17, 15) is 9.59 Å². The monoisotopic (exact) mass is 214 g/mol. The summed E-state index contributed by atoms with van der Waals surface area (Å²) in [6.07, 6.45) is 2.22. The molecule has 2 N–H and O–H groups in total. The molecular formula is C10H18N2O3. The van der Waals surface area contributed by atoms with Gasteiger partial charge in [-0.3, -0.25) is 4.79 Å². The summed E-state index contributed by atoms with van der Waals surface area (Å²) in [4.78, 5) is 23.7. The molecule has 0 aromatic heterocycles. The van der Waals surface area contributed by atoms with Crippen molar-refractivity contribution >= 4 is 11.9 Å². The molecule has 1 atom stereocenters. The van der Waals surface area contributed by atoms with Crippen molar-refractivity contribution in [2.45, 2.75) is 18.9 Å². The van der Waals surface area contributed by atoms with Gasteiger partial charge in [0.2, 0.25) is 5.91 Å². The Kier molecular flexibility index (Phi) is 6.37. The molecule has 0 aliphatic carbocycles. The molecule has 0 spiro atoms. The lowest BCUT2D eigenvalue weighted by atomic mass is 10.1. The number of nitrogens with one attached hydrogen (secondary N) is 1. The second-order valence-electron chi connectivity index (χ2n) is 3.55. The zero-order chi connectivity index (χ0) is 11.8. The van der Waals surface area contributed by atoms with E-state index in [1.807, 2.05) is 19.0 Å². The van der Waals surface area contributed by atoms with Gasteiger partial charge in [-0.1, -0.05) is 6.58 Å². The lowest BCUT2D eigenvalue weighted by Crippen LogP contribution is -2.40. The first-order chi connectivity index (χ1) is 6.97. The van der Waals surface area contributed by atoms with Crippen LogP contribution in [0, 0.1) is 0 Å². The van der Waals surface area contributed by atoms with Crippen LogP contribution >= 0.6 is 0 Å². The van der Waals surface area contributed by atoms with E-state index in [4.69, 9.17) is 5.11 Å². The van der Waals surface area contributed by atoms with Crippen LogP contribution in [0.25, 0.3) is 0 Å². The smallest absolute Gasteiger partial charge is 0.326 e. The summed E-state index contributed by atoms with van der Waals surface area (Å²) < 4.78 is 0. The van der Waals surface area contributed by atoms with Crippen molar-refractivity contribution in [3.05, 3.63) is 12.7 Å². The molecule has 0 aliphatic heterocycles. The van der Waals surface area contributed by atoms with Crippen LogP contribution in [-0.4, -0.2) is 48.6 Å². The van der Waals surface area contributed by atoms with Gasteiger partial charge in [0.15, 0.2) is 0 Å². The van der Waals surface area contributed by atoms with Crippen molar-refractivity contribution < 1.29 is 14.7 Å². The molecule has 1 amide bonds. The highest BCUT2D eigenvalue weighted by molar-refractivity contribution is 5.90. The number of amides is 1. The number of aliphatic carboxylic acids is 1. The average molecular weight is 214 g/mol. The Morgan fingerprint density at radius 1 is 1.53 bits per heavy atom. The molecule has 0 aromatic rings. The van der Waals surface area contributed by atoms with Crippen molar-refractivity contribution in [3.8, 4) is 0 Å². The summed E-state index contributed by atoms with van der Waals surface area (Å²) in [7, 11) is 3.83. The van der Waals surface area contributed by atoms with Crippen LogP contribution in [0.15, 0.2) is 12.7 Å². The molecule has 0 unspecified atom stereocenters. The molecule has 5 heteroatoms. The highest BCUT2D eigenvalue weighted by Crippen LogP contribution is 1.99. The van der Waals surface area contributed by atoms with E-state index < -0.39 is 17.9 Å². The predicted octanol–water partition coefficient (Wildman–Crippen LogP) is 0.0836. The Morgan fingerprint density at radius 2 is 2.13 bits per heavy atom. The summed E-state index contributed by atoms with van der Waals surface area (Å²) in [6.45, 7) is 4.07. The van der Waals surface area contributed by atoms with Gasteiger partial charge in [0.1, 0.15) is 6.04 Å². The third kappa shape index (κ3) is 6.68. The van der Waals surface area contributed by atoms with E-state index in [0.29, 0.717) is 6.42 Å². The third-order valence-electron chi connectivity index (χ3n) is 1.90. The van der Waals surface area contributed by atoms with E-state index in [2.05, 4.69) is 11.9 Å². The maximum Gasteiger partial charge on any atom is 0.326 e. The van der Waals surface area contributed by atoms with Crippen molar-refractivity contribution in [2.75, 3.05) is 20.6 Å². The van der Waals surface area contributed by atoms with Gasteiger partial charge in [0.25, 0.3) is 0 Å². The van der Waals surface area contributed by atoms with Crippen molar-refractivity contribution in [3.63, 3.8) is 0 Å². The van der Waals surface area contributed by atoms with Gasteiger partial charge in [-0.2, -0.15) is 0 Å². The van der Waals surface area contributed by atoms with Gasteiger partial charge in [0, 0.05) is 0 Å². The maximum atomic E-state index is 10.9. The fraction of sp³-hybridized carbons (Fsp3) is 0.600. The number of carboxylic acid groups (broad SMARTS) is 1. The van der Waals surface area contributed by atoms with Crippen molar-refractivity contribution in [1.82, 2.24) is 10.2 Å². The van der Waals surface area contributed by atoms with E-state index in [1.54, 1.807) is 0 Å². The Bertz CT molecular complexity index is 239. The van der Waals surface area contributed by atoms with Gasteiger partial charge < -0.3 is 15.3 Å². The lowest BCUT2D eigenvalue weighted by Gasteiger charge is -2.14. The normalized spacial score (nSPS) is 12.2. The van der Waals surface area contributed by atoms with Crippen LogP contribution in [-0.2, 0) is 9.59 Å². The fourth-order valence-corrected chi connectivity index (χ4v) is 1.10. The van der Waals surface area contributed by atoms with Crippen LogP contribution in [0.4, 0.5) is 0 Å². The number of nitrogens with zero attached hydrogens (tertiary/aromatic N) is 1. The molecular weight excluding hydrogens is 196 g/mol. The van der Waals surface area contributed by atoms with Crippen molar-refractivity contribution in [1.29, 1.82) is 0 Å². The third-order valence-corrected chi connectivity index (χ3v) is 1.90. The zero-order valence-corrected chi connectivity index (χ0v) is 9.19. The lowest BCUT2D eigenvalue weighted by molar-refractivity contribution is -0.141. The molecule has 0 bridgehead atoms. The Balaban J connectivity index is 4.00. The van der Waals surface area contributed by atoms with E-state index in [1.165, 1.54) is 0 Å². The van der Waals surface area contributed by atoms with Crippen LogP contribution in [0.1, 0.15) is 12.8 Å². The number of rotatable bonds is 7. The first kappa shape index (κ1) is 13.6. The standard InChI is InChI=1S/C10H18N2O3/c1-4-9(13)11-8(10(14)15)6-5-7-12(2)3/h4,8H,1,5-7H2,2-3H3,(H,11,13)(H,14,15)/t8-/m0/s1. The van der Waals surface area contributed by atoms with Gasteiger partial charge >= 0.3 is 5.97 Å². The fourth-order valence-electron chi connectivity index (χ4n) is 1.10. The first-order valence-electron chi connectivity index (χ1n) is 4.78. The summed E-state index contributed by atoms with van der Waals surface area (Å²) in [6, 6.07) is -0.824. The largest absolute Gasteiger partial charge is 0.480 e. The maximum absolute atomic E-state index is 10.9.